The lowest BCUT2D eigenvalue weighted by atomic mass is 9.76. The maximum absolute atomic E-state index is 13.2. The van der Waals surface area contributed by atoms with Gasteiger partial charge in [0.1, 0.15) is 0 Å². The monoisotopic (exact) mass is 413 g/mol. The van der Waals surface area contributed by atoms with Gasteiger partial charge >= 0.3 is 19.3 Å². The van der Waals surface area contributed by atoms with Crippen molar-refractivity contribution < 1.29 is 37.2 Å². The Morgan fingerprint density at radius 2 is 1.69 bits per heavy atom. The zero-order valence-electron chi connectivity index (χ0n) is 16.8. The lowest BCUT2D eigenvalue weighted by Crippen LogP contribution is -2.41. The topological polar surface area (TPSA) is 84.9 Å². The second-order valence-electron chi connectivity index (χ2n) is 7.86. The lowest BCUT2D eigenvalue weighted by molar-refractivity contribution is -0.137. The van der Waals surface area contributed by atoms with Crippen molar-refractivity contribution in [1.82, 2.24) is 5.32 Å². The number of carbonyl (C=O) groups is 2. The summed E-state index contributed by atoms with van der Waals surface area (Å²) in [6.45, 7) is 8.52. The molecule has 0 bridgehead atoms. The van der Waals surface area contributed by atoms with Crippen molar-refractivity contribution in [3.05, 3.63) is 40.4 Å². The van der Waals surface area contributed by atoms with Gasteiger partial charge in [0, 0.05) is 13.5 Å². The fourth-order valence-electron chi connectivity index (χ4n) is 2.66. The van der Waals surface area contributed by atoms with E-state index in [1.165, 1.54) is 13.0 Å². The van der Waals surface area contributed by atoms with Crippen LogP contribution in [0.5, 0.6) is 0 Å². The maximum atomic E-state index is 13.2. The Kier molecular flexibility index (Phi) is 6.20. The van der Waals surface area contributed by atoms with Crippen molar-refractivity contribution in [2.45, 2.75) is 52.0 Å². The van der Waals surface area contributed by atoms with Crippen molar-refractivity contribution in [1.29, 1.82) is 0 Å². The molecule has 10 heteroatoms. The molecule has 29 heavy (non-hydrogen) atoms. The number of amides is 1. The number of hydrogen-bond donors (Lipinski definition) is 2. The number of halogens is 3. The summed E-state index contributed by atoms with van der Waals surface area (Å²) >= 11 is 0. The molecule has 0 atom stereocenters. The molecule has 1 aromatic carbocycles. The molecule has 1 aliphatic rings. The summed E-state index contributed by atoms with van der Waals surface area (Å²) in [5, 5.41) is 11.7. The molecule has 0 aromatic heterocycles. The third-order valence-electron chi connectivity index (χ3n) is 4.98. The average Bonchev–Trinajstić information content (AvgIpc) is 2.77. The van der Waals surface area contributed by atoms with E-state index in [9.17, 15) is 22.8 Å². The van der Waals surface area contributed by atoms with Gasteiger partial charge in [0.15, 0.2) is 0 Å². The summed E-state index contributed by atoms with van der Waals surface area (Å²) < 4.78 is 51.4. The van der Waals surface area contributed by atoms with E-state index in [1.54, 1.807) is 0 Å². The van der Waals surface area contributed by atoms with E-state index in [2.05, 4.69) is 5.32 Å². The molecule has 1 amide bonds. The van der Waals surface area contributed by atoms with E-state index in [-0.39, 0.29) is 18.0 Å². The highest BCUT2D eigenvalue weighted by Gasteiger charge is 2.52. The van der Waals surface area contributed by atoms with Crippen LogP contribution in [-0.2, 0) is 20.3 Å². The Morgan fingerprint density at radius 3 is 2.14 bits per heavy atom. The van der Waals surface area contributed by atoms with E-state index in [0.717, 1.165) is 12.1 Å². The van der Waals surface area contributed by atoms with E-state index in [4.69, 9.17) is 14.4 Å². The highest BCUT2D eigenvalue weighted by atomic mass is 19.4. The average molecular weight is 413 g/mol. The standard InChI is InChI=1S/C19H23BF3NO5/c1-11(25)24-10-15(20-28-17(2,3)18(4,5)29-20)8-12-6-13(16(26)27)9-14(7-12)19(21,22)23/h6-9H,10H2,1-5H3,(H,24,25)(H,26,27). The number of carboxylic acid groups (broad SMARTS) is 1. The second kappa shape index (κ2) is 7.83. The molecule has 0 unspecified atom stereocenters. The van der Waals surface area contributed by atoms with Gasteiger partial charge in [0.2, 0.25) is 5.91 Å². The van der Waals surface area contributed by atoms with Gasteiger partial charge in [0.25, 0.3) is 0 Å². The molecule has 1 heterocycles. The second-order valence-corrected chi connectivity index (χ2v) is 7.86. The first-order chi connectivity index (χ1) is 13.1. The highest BCUT2D eigenvalue weighted by Crippen LogP contribution is 2.39. The van der Waals surface area contributed by atoms with Crippen molar-refractivity contribution >= 4 is 25.1 Å². The zero-order valence-corrected chi connectivity index (χ0v) is 16.8. The van der Waals surface area contributed by atoms with Crippen LogP contribution in [0.25, 0.3) is 6.08 Å². The van der Waals surface area contributed by atoms with Crippen molar-refractivity contribution in [3.63, 3.8) is 0 Å². The molecule has 6 nitrogen and oxygen atoms in total. The van der Waals surface area contributed by atoms with Gasteiger partial charge in [0.05, 0.1) is 22.3 Å². The Bertz CT molecular complexity index is 833. The fourth-order valence-corrected chi connectivity index (χ4v) is 2.66. The molecule has 158 valence electrons. The third kappa shape index (κ3) is 5.39. The van der Waals surface area contributed by atoms with Gasteiger partial charge < -0.3 is 19.7 Å². The van der Waals surface area contributed by atoms with Crippen LogP contribution < -0.4 is 5.32 Å². The first kappa shape index (κ1) is 23.0. The maximum Gasteiger partial charge on any atom is 0.492 e. The zero-order chi connectivity index (χ0) is 22.2. The summed E-state index contributed by atoms with van der Waals surface area (Å²) in [5.41, 5.74) is -2.63. The Balaban J connectivity index is 2.52. The first-order valence-corrected chi connectivity index (χ1v) is 8.88. The first-order valence-electron chi connectivity index (χ1n) is 8.88. The predicted molar refractivity (Wildman–Crippen MR) is 101 cm³/mol. The minimum Gasteiger partial charge on any atom is -0.478 e. The summed E-state index contributed by atoms with van der Waals surface area (Å²) in [6, 6.07) is 2.53. The largest absolute Gasteiger partial charge is 0.492 e. The number of hydrogen-bond acceptors (Lipinski definition) is 4. The van der Waals surface area contributed by atoms with E-state index < -0.39 is 41.6 Å². The summed E-state index contributed by atoms with van der Waals surface area (Å²) in [5.74, 6) is -1.83. The number of alkyl halides is 3. The quantitative estimate of drug-likeness (QED) is 0.722. The van der Waals surface area contributed by atoms with E-state index in [1.807, 2.05) is 27.7 Å². The summed E-state index contributed by atoms with van der Waals surface area (Å²) in [7, 11) is -0.922. The number of carboxylic acids is 1. The van der Waals surface area contributed by atoms with Crippen molar-refractivity contribution in [2.24, 2.45) is 0 Å². The molecule has 2 rings (SSSR count). The van der Waals surface area contributed by atoms with Gasteiger partial charge in [-0.3, -0.25) is 4.79 Å². The number of nitrogens with one attached hydrogen (secondary N) is 1. The smallest absolute Gasteiger partial charge is 0.478 e. The molecule has 1 saturated heterocycles. The Morgan fingerprint density at radius 1 is 1.14 bits per heavy atom. The van der Waals surface area contributed by atoms with Crippen molar-refractivity contribution in [2.75, 3.05) is 6.54 Å². The van der Waals surface area contributed by atoms with Crippen molar-refractivity contribution in [3.8, 4) is 0 Å². The number of aromatic carboxylic acids is 1. The number of carbonyl (C=O) groups excluding carboxylic acids is 1. The fraction of sp³-hybridized carbons (Fsp3) is 0.474. The van der Waals surface area contributed by atoms with Crippen LogP contribution in [0.4, 0.5) is 13.2 Å². The molecule has 2 N–H and O–H groups in total. The molecule has 1 aliphatic heterocycles. The minimum atomic E-state index is -4.71. The van der Waals surface area contributed by atoms with Gasteiger partial charge in [-0.2, -0.15) is 13.2 Å². The molecule has 0 radical (unpaired) electrons. The van der Waals surface area contributed by atoms with Crippen LogP contribution in [0.15, 0.2) is 23.7 Å². The number of benzene rings is 1. The normalized spacial score (nSPS) is 18.6. The minimum absolute atomic E-state index is 0.00675. The van der Waals surface area contributed by atoms with Crippen LogP contribution in [0, 0.1) is 0 Å². The molecule has 0 aliphatic carbocycles. The predicted octanol–water partition coefficient (Wildman–Crippen LogP) is 3.55. The molecular formula is C19H23BF3NO5. The molecule has 0 saturated carbocycles. The van der Waals surface area contributed by atoms with Crippen LogP contribution in [0.1, 0.15) is 56.1 Å². The van der Waals surface area contributed by atoms with E-state index in [0.29, 0.717) is 11.5 Å². The van der Waals surface area contributed by atoms with Crippen LogP contribution in [0.3, 0.4) is 0 Å². The molecule has 0 spiro atoms. The van der Waals surface area contributed by atoms with Gasteiger partial charge in [-0.1, -0.05) is 6.08 Å². The van der Waals surface area contributed by atoms with E-state index >= 15 is 0 Å². The van der Waals surface area contributed by atoms with Gasteiger partial charge in [-0.05, 0) is 56.9 Å². The highest BCUT2D eigenvalue weighted by molar-refractivity contribution is 6.56. The Labute approximate surface area is 167 Å². The summed E-state index contributed by atoms with van der Waals surface area (Å²) in [6.07, 6.45) is -3.37. The van der Waals surface area contributed by atoms with Crippen LogP contribution in [-0.4, -0.2) is 41.8 Å². The van der Waals surface area contributed by atoms with Gasteiger partial charge in [-0.25, -0.2) is 4.79 Å². The third-order valence-corrected chi connectivity index (χ3v) is 4.98. The SMILES string of the molecule is CC(=O)NCC(=Cc1cc(C(=O)O)cc(C(F)(F)F)c1)B1OC(C)(C)C(C)(C)O1. The molecular weight excluding hydrogens is 390 g/mol. The Hall–Kier alpha value is -2.33. The summed E-state index contributed by atoms with van der Waals surface area (Å²) in [4.78, 5) is 22.6. The number of rotatable bonds is 5. The molecule has 1 aromatic rings. The van der Waals surface area contributed by atoms with Gasteiger partial charge in [-0.15, -0.1) is 0 Å². The molecule has 1 fully saturated rings. The lowest BCUT2D eigenvalue weighted by Gasteiger charge is -2.32. The van der Waals surface area contributed by atoms with Crippen LogP contribution in [0.2, 0.25) is 0 Å². The van der Waals surface area contributed by atoms with Crippen LogP contribution >= 0.6 is 0 Å².